The van der Waals surface area contributed by atoms with Gasteiger partial charge in [0.05, 0.1) is 9.77 Å². The lowest BCUT2D eigenvalue weighted by Crippen LogP contribution is -2.40. The van der Waals surface area contributed by atoms with Gasteiger partial charge in [-0.15, -0.1) is 11.3 Å². The molecule has 0 aliphatic carbocycles. The average molecular weight is 345 g/mol. The number of nitrogens with zero attached hydrogens (tertiary/aromatic N) is 1. The summed E-state index contributed by atoms with van der Waals surface area (Å²) < 4.78 is 26.9. The summed E-state index contributed by atoms with van der Waals surface area (Å²) in [4.78, 5) is 12.8. The highest BCUT2D eigenvalue weighted by atomic mass is 32.2. The lowest BCUT2D eigenvalue weighted by Gasteiger charge is -2.20. The molecule has 2 heterocycles. The van der Waals surface area contributed by atoms with Gasteiger partial charge in [-0.3, -0.25) is 4.79 Å². The fourth-order valence-electron chi connectivity index (χ4n) is 2.41. The summed E-state index contributed by atoms with van der Waals surface area (Å²) in [6.45, 7) is 6.83. The molecule has 0 bridgehead atoms. The molecule has 124 valence electrons. The van der Waals surface area contributed by atoms with Crippen molar-refractivity contribution in [1.29, 1.82) is 0 Å². The number of amides is 1. The van der Waals surface area contributed by atoms with Crippen LogP contribution in [-0.2, 0) is 10.0 Å². The number of rotatable bonds is 3. The highest BCUT2D eigenvalue weighted by molar-refractivity contribution is 7.89. The predicted molar refractivity (Wildman–Crippen MR) is 88.8 cm³/mol. The fourth-order valence-corrected chi connectivity index (χ4v) is 5.08. The molecule has 1 saturated heterocycles. The maximum atomic E-state index is 12.7. The standard InChI is InChI=1S/C15H24N2O3S2/c1-15(2,3)16-14(18)13-10-12(11-21-13)22(19,20)17-8-6-4-5-7-9-17/h10-11H,4-9H2,1-3H3,(H,16,18). The molecule has 1 N–H and O–H groups in total. The second kappa shape index (κ2) is 6.68. The molecular formula is C15H24N2O3S2. The third-order valence-electron chi connectivity index (χ3n) is 3.49. The predicted octanol–water partition coefficient (Wildman–Crippen LogP) is 2.84. The Labute approximate surface area is 136 Å². The molecule has 2 rings (SSSR count). The number of thiophene rings is 1. The lowest BCUT2D eigenvalue weighted by atomic mass is 10.1. The van der Waals surface area contributed by atoms with E-state index in [9.17, 15) is 13.2 Å². The Morgan fingerprint density at radius 2 is 1.77 bits per heavy atom. The van der Waals surface area contributed by atoms with E-state index in [0.29, 0.717) is 18.0 Å². The van der Waals surface area contributed by atoms with Crippen LogP contribution in [0.15, 0.2) is 16.3 Å². The molecule has 0 atom stereocenters. The first-order chi connectivity index (χ1) is 10.2. The third kappa shape index (κ3) is 4.30. The van der Waals surface area contributed by atoms with Crippen molar-refractivity contribution >= 4 is 27.3 Å². The van der Waals surface area contributed by atoms with Gasteiger partial charge in [0.15, 0.2) is 0 Å². The largest absolute Gasteiger partial charge is 0.347 e. The van der Waals surface area contributed by atoms with Gasteiger partial charge in [0, 0.05) is 24.0 Å². The average Bonchev–Trinajstić information content (AvgIpc) is 2.73. The van der Waals surface area contributed by atoms with Gasteiger partial charge < -0.3 is 5.32 Å². The van der Waals surface area contributed by atoms with Crippen LogP contribution in [0.5, 0.6) is 0 Å². The molecule has 1 fully saturated rings. The number of hydrogen-bond donors (Lipinski definition) is 1. The molecule has 0 radical (unpaired) electrons. The second-order valence-corrected chi connectivity index (χ2v) is 9.52. The summed E-state index contributed by atoms with van der Waals surface area (Å²) in [5, 5.41) is 4.42. The van der Waals surface area contributed by atoms with Gasteiger partial charge in [0.1, 0.15) is 0 Å². The molecular weight excluding hydrogens is 320 g/mol. The van der Waals surface area contributed by atoms with Crippen LogP contribution in [0.25, 0.3) is 0 Å². The maximum Gasteiger partial charge on any atom is 0.261 e. The quantitative estimate of drug-likeness (QED) is 0.917. The van der Waals surface area contributed by atoms with Crippen molar-refractivity contribution in [2.45, 2.75) is 56.9 Å². The normalized spacial score (nSPS) is 18.0. The van der Waals surface area contributed by atoms with E-state index in [2.05, 4.69) is 5.32 Å². The monoisotopic (exact) mass is 344 g/mol. The van der Waals surface area contributed by atoms with Gasteiger partial charge in [0.25, 0.3) is 5.91 Å². The zero-order valence-electron chi connectivity index (χ0n) is 13.4. The first kappa shape index (κ1) is 17.4. The molecule has 0 aromatic carbocycles. The third-order valence-corrected chi connectivity index (χ3v) is 6.45. The van der Waals surface area contributed by atoms with E-state index in [4.69, 9.17) is 0 Å². The number of carbonyl (C=O) groups excluding carboxylic acids is 1. The molecule has 0 unspecified atom stereocenters. The van der Waals surface area contributed by atoms with Gasteiger partial charge in [0.2, 0.25) is 10.0 Å². The van der Waals surface area contributed by atoms with E-state index in [1.54, 1.807) is 9.69 Å². The Kier molecular flexibility index (Phi) is 5.29. The SMILES string of the molecule is CC(C)(C)NC(=O)c1cc(S(=O)(=O)N2CCCCCC2)cs1. The molecule has 1 amide bonds. The van der Waals surface area contributed by atoms with E-state index < -0.39 is 10.0 Å². The van der Waals surface area contributed by atoms with Crippen molar-refractivity contribution in [2.24, 2.45) is 0 Å². The fraction of sp³-hybridized carbons (Fsp3) is 0.667. The molecule has 7 heteroatoms. The highest BCUT2D eigenvalue weighted by Crippen LogP contribution is 2.25. The van der Waals surface area contributed by atoms with Gasteiger partial charge in [-0.1, -0.05) is 12.8 Å². The Morgan fingerprint density at radius 3 is 2.32 bits per heavy atom. The molecule has 1 aliphatic rings. The maximum absolute atomic E-state index is 12.7. The lowest BCUT2D eigenvalue weighted by molar-refractivity contribution is 0.0923. The molecule has 22 heavy (non-hydrogen) atoms. The van der Waals surface area contributed by atoms with Gasteiger partial charge in [-0.25, -0.2) is 8.42 Å². The summed E-state index contributed by atoms with van der Waals surface area (Å²) in [6.07, 6.45) is 3.96. The molecule has 1 aromatic heterocycles. The zero-order chi connectivity index (χ0) is 16.4. The minimum absolute atomic E-state index is 0.227. The van der Waals surface area contributed by atoms with Crippen LogP contribution in [0.1, 0.15) is 56.1 Å². The summed E-state index contributed by atoms with van der Waals surface area (Å²) in [5.41, 5.74) is -0.342. The smallest absolute Gasteiger partial charge is 0.261 e. The summed E-state index contributed by atoms with van der Waals surface area (Å²) in [7, 11) is -3.48. The van der Waals surface area contributed by atoms with E-state index in [0.717, 1.165) is 25.7 Å². The van der Waals surface area contributed by atoms with Crippen molar-refractivity contribution in [3.63, 3.8) is 0 Å². The second-order valence-electron chi connectivity index (χ2n) is 6.67. The van der Waals surface area contributed by atoms with Crippen molar-refractivity contribution < 1.29 is 13.2 Å². The summed E-state index contributed by atoms with van der Waals surface area (Å²) in [5.74, 6) is -0.227. The first-order valence-electron chi connectivity index (χ1n) is 7.61. The number of hydrogen-bond acceptors (Lipinski definition) is 4. The van der Waals surface area contributed by atoms with Crippen LogP contribution in [-0.4, -0.2) is 37.3 Å². The van der Waals surface area contributed by atoms with Crippen LogP contribution in [0.3, 0.4) is 0 Å². The number of nitrogens with one attached hydrogen (secondary N) is 1. The number of sulfonamides is 1. The highest BCUT2D eigenvalue weighted by Gasteiger charge is 2.27. The van der Waals surface area contributed by atoms with Crippen LogP contribution in [0.4, 0.5) is 0 Å². The summed E-state index contributed by atoms with van der Waals surface area (Å²) >= 11 is 1.18. The van der Waals surface area contributed by atoms with Crippen LogP contribution < -0.4 is 5.32 Å². The van der Waals surface area contributed by atoms with Gasteiger partial charge in [-0.2, -0.15) is 4.31 Å². The van der Waals surface area contributed by atoms with E-state index >= 15 is 0 Å². The van der Waals surface area contributed by atoms with Crippen molar-refractivity contribution in [1.82, 2.24) is 9.62 Å². The number of carbonyl (C=O) groups is 1. The van der Waals surface area contributed by atoms with E-state index in [-0.39, 0.29) is 16.3 Å². The molecule has 0 spiro atoms. The summed E-state index contributed by atoms with van der Waals surface area (Å²) in [6, 6.07) is 1.49. The van der Waals surface area contributed by atoms with Crippen LogP contribution in [0, 0.1) is 0 Å². The Morgan fingerprint density at radius 1 is 1.18 bits per heavy atom. The topological polar surface area (TPSA) is 66.5 Å². The molecule has 1 aromatic rings. The Hall–Kier alpha value is -0.920. The zero-order valence-corrected chi connectivity index (χ0v) is 15.0. The Bertz CT molecular complexity index is 621. The first-order valence-corrected chi connectivity index (χ1v) is 9.93. The van der Waals surface area contributed by atoms with Crippen molar-refractivity contribution in [3.8, 4) is 0 Å². The minimum atomic E-state index is -3.48. The van der Waals surface area contributed by atoms with Crippen molar-refractivity contribution in [3.05, 3.63) is 16.3 Å². The molecule has 1 aliphatic heterocycles. The van der Waals surface area contributed by atoms with Gasteiger partial charge >= 0.3 is 0 Å². The Balaban J connectivity index is 2.17. The molecule has 0 saturated carbocycles. The van der Waals surface area contributed by atoms with E-state index in [1.807, 2.05) is 20.8 Å². The van der Waals surface area contributed by atoms with Gasteiger partial charge in [-0.05, 0) is 39.7 Å². The van der Waals surface area contributed by atoms with Crippen molar-refractivity contribution in [2.75, 3.05) is 13.1 Å². The van der Waals surface area contributed by atoms with E-state index in [1.165, 1.54) is 17.4 Å². The molecule has 5 nitrogen and oxygen atoms in total. The van der Waals surface area contributed by atoms with Crippen LogP contribution >= 0.6 is 11.3 Å². The minimum Gasteiger partial charge on any atom is -0.347 e. The van der Waals surface area contributed by atoms with Crippen LogP contribution in [0.2, 0.25) is 0 Å².